The Kier molecular flexibility index (Phi) is 2.26. The number of hydrogen-bond donors (Lipinski definition) is 2. The van der Waals surface area contributed by atoms with Gasteiger partial charge in [0.25, 0.3) is 0 Å². The fraction of sp³-hybridized carbons (Fsp3) is 0.900. The third kappa shape index (κ3) is 1.32. The van der Waals surface area contributed by atoms with Gasteiger partial charge in [0, 0.05) is 0 Å². The Bertz CT molecular complexity index is 259. The maximum absolute atomic E-state index is 13.1. The molecule has 3 nitrogen and oxygen atoms in total. The molecule has 0 amide bonds. The van der Waals surface area contributed by atoms with E-state index in [-0.39, 0.29) is 17.8 Å². The zero-order chi connectivity index (χ0) is 10.3. The van der Waals surface area contributed by atoms with Gasteiger partial charge in [-0.3, -0.25) is 4.79 Å². The maximum Gasteiger partial charge on any atom is 0.303 e. The summed E-state index contributed by atoms with van der Waals surface area (Å²) in [6, 6.07) is 0. The molecule has 0 aromatic carbocycles. The Labute approximate surface area is 82.5 Å². The fourth-order valence-electron chi connectivity index (χ4n) is 3.36. The molecule has 2 saturated carbocycles. The van der Waals surface area contributed by atoms with Gasteiger partial charge in [-0.15, -0.1) is 0 Å². The summed E-state index contributed by atoms with van der Waals surface area (Å²) in [5.74, 6) is -0.192. The van der Waals surface area contributed by atoms with Gasteiger partial charge < -0.3 is 10.8 Å². The summed E-state index contributed by atoms with van der Waals surface area (Å²) < 4.78 is 13.1. The Morgan fingerprint density at radius 3 is 2.79 bits per heavy atom. The van der Waals surface area contributed by atoms with Gasteiger partial charge in [-0.25, -0.2) is 4.39 Å². The monoisotopic (exact) mass is 201 g/mol. The molecule has 14 heavy (non-hydrogen) atoms. The molecule has 2 fully saturated rings. The van der Waals surface area contributed by atoms with E-state index in [4.69, 9.17) is 10.8 Å². The number of halogens is 1. The fourth-order valence-corrected chi connectivity index (χ4v) is 3.36. The molecule has 2 rings (SSSR count). The van der Waals surface area contributed by atoms with E-state index in [1.807, 2.05) is 0 Å². The second kappa shape index (κ2) is 3.19. The lowest BCUT2D eigenvalue weighted by molar-refractivity contribution is -0.145. The molecule has 0 aromatic rings. The zero-order valence-corrected chi connectivity index (χ0v) is 8.08. The van der Waals surface area contributed by atoms with Gasteiger partial charge in [0.05, 0.1) is 6.42 Å². The van der Waals surface area contributed by atoms with Crippen LogP contribution < -0.4 is 5.73 Å². The number of carboxylic acid groups (broad SMARTS) is 1. The molecule has 4 heteroatoms. The Morgan fingerprint density at radius 1 is 1.57 bits per heavy atom. The number of carbonyl (C=O) groups is 1. The van der Waals surface area contributed by atoms with E-state index in [0.29, 0.717) is 25.3 Å². The van der Waals surface area contributed by atoms with Crippen molar-refractivity contribution in [1.29, 1.82) is 0 Å². The van der Waals surface area contributed by atoms with Gasteiger partial charge in [0.2, 0.25) is 0 Å². The van der Waals surface area contributed by atoms with Crippen molar-refractivity contribution in [3.05, 3.63) is 0 Å². The predicted octanol–water partition coefficient (Wildman–Crippen LogP) is 1.17. The van der Waals surface area contributed by atoms with Crippen LogP contribution in [-0.4, -0.2) is 23.8 Å². The highest BCUT2D eigenvalue weighted by Gasteiger charge is 2.57. The van der Waals surface area contributed by atoms with E-state index in [1.165, 1.54) is 0 Å². The molecular weight excluding hydrogens is 185 g/mol. The first-order chi connectivity index (χ1) is 6.57. The summed E-state index contributed by atoms with van der Waals surface area (Å²) in [5, 5.41) is 8.78. The van der Waals surface area contributed by atoms with E-state index in [2.05, 4.69) is 0 Å². The lowest BCUT2D eigenvalue weighted by Crippen LogP contribution is -2.51. The van der Waals surface area contributed by atoms with Crippen molar-refractivity contribution < 1.29 is 14.3 Å². The lowest BCUT2D eigenvalue weighted by Gasteiger charge is -2.51. The predicted molar refractivity (Wildman–Crippen MR) is 49.5 cm³/mol. The number of aliphatic carboxylic acids is 1. The highest BCUT2D eigenvalue weighted by molar-refractivity contribution is 5.68. The number of nitrogens with two attached hydrogens (primary N) is 1. The summed E-state index contributed by atoms with van der Waals surface area (Å²) in [6.45, 7) is 0.382. The minimum atomic E-state index is -0.809. The maximum atomic E-state index is 13.1. The van der Waals surface area contributed by atoms with Crippen molar-refractivity contribution in [2.75, 3.05) is 6.54 Å². The van der Waals surface area contributed by atoms with Crippen molar-refractivity contribution in [2.24, 2.45) is 23.0 Å². The van der Waals surface area contributed by atoms with Crippen molar-refractivity contribution in [1.82, 2.24) is 0 Å². The van der Waals surface area contributed by atoms with E-state index >= 15 is 0 Å². The molecule has 0 aliphatic heterocycles. The first-order valence-electron chi connectivity index (χ1n) is 5.13. The third-order valence-corrected chi connectivity index (χ3v) is 4.00. The molecule has 0 saturated heterocycles. The van der Waals surface area contributed by atoms with Crippen LogP contribution >= 0.6 is 0 Å². The van der Waals surface area contributed by atoms with Gasteiger partial charge in [0.15, 0.2) is 0 Å². The molecule has 4 atom stereocenters. The molecule has 0 aromatic heterocycles. The molecule has 0 radical (unpaired) electrons. The van der Waals surface area contributed by atoms with E-state index in [9.17, 15) is 9.18 Å². The number of fused-ring (bicyclic) bond motifs is 1. The topological polar surface area (TPSA) is 63.3 Å². The number of alkyl halides is 1. The molecule has 0 bridgehead atoms. The van der Waals surface area contributed by atoms with E-state index in [1.54, 1.807) is 0 Å². The van der Waals surface area contributed by atoms with E-state index in [0.717, 1.165) is 6.42 Å². The van der Waals surface area contributed by atoms with E-state index < -0.39 is 12.1 Å². The van der Waals surface area contributed by atoms with Crippen LogP contribution in [0.5, 0.6) is 0 Å². The van der Waals surface area contributed by atoms with Crippen molar-refractivity contribution >= 4 is 5.97 Å². The summed E-state index contributed by atoms with van der Waals surface area (Å²) in [6.07, 6.45) is 1.33. The number of carboxylic acids is 1. The molecule has 0 spiro atoms. The van der Waals surface area contributed by atoms with Crippen molar-refractivity contribution in [2.45, 2.75) is 31.9 Å². The zero-order valence-electron chi connectivity index (χ0n) is 8.08. The van der Waals surface area contributed by atoms with Crippen LogP contribution in [0.1, 0.15) is 25.7 Å². The quantitative estimate of drug-likeness (QED) is 0.720. The largest absolute Gasteiger partial charge is 0.481 e. The van der Waals surface area contributed by atoms with Crippen molar-refractivity contribution in [3.8, 4) is 0 Å². The lowest BCUT2D eigenvalue weighted by atomic mass is 9.53. The highest BCUT2D eigenvalue weighted by atomic mass is 19.1. The third-order valence-electron chi connectivity index (χ3n) is 4.00. The van der Waals surface area contributed by atoms with Gasteiger partial charge in [0.1, 0.15) is 6.17 Å². The molecule has 0 heterocycles. The van der Waals surface area contributed by atoms with Crippen LogP contribution in [0.4, 0.5) is 4.39 Å². The standard InChI is InChI=1S/C10H16FNO2/c11-7-1-6-3-10(5-12,4-9(13)14)8(6)2-7/h6-8H,1-5,12H2,(H,13,14). The highest BCUT2D eigenvalue weighted by Crippen LogP contribution is 2.60. The molecule has 80 valence electrons. The first-order valence-corrected chi connectivity index (χ1v) is 5.13. The second-order valence-electron chi connectivity index (χ2n) is 4.78. The minimum Gasteiger partial charge on any atom is -0.481 e. The normalized spacial score (nSPS) is 45.7. The van der Waals surface area contributed by atoms with Crippen LogP contribution in [0.3, 0.4) is 0 Å². The molecular formula is C10H16FNO2. The smallest absolute Gasteiger partial charge is 0.303 e. The van der Waals surface area contributed by atoms with Crippen LogP contribution in [0.25, 0.3) is 0 Å². The van der Waals surface area contributed by atoms with Gasteiger partial charge in [-0.2, -0.15) is 0 Å². The first kappa shape index (κ1) is 9.90. The molecule has 3 N–H and O–H groups in total. The summed E-state index contributed by atoms with van der Waals surface area (Å²) >= 11 is 0. The SMILES string of the molecule is NCC1(CC(=O)O)CC2CC(F)CC21. The van der Waals surface area contributed by atoms with Gasteiger partial charge >= 0.3 is 5.97 Å². The average molecular weight is 201 g/mol. The summed E-state index contributed by atoms with van der Waals surface area (Å²) in [7, 11) is 0. The minimum absolute atomic E-state index is 0.109. The number of hydrogen-bond acceptors (Lipinski definition) is 2. The van der Waals surface area contributed by atoms with Gasteiger partial charge in [-0.05, 0) is 43.1 Å². The Balaban J connectivity index is 2.06. The Hall–Kier alpha value is -0.640. The summed E-state index contributed by atoms with van der Waals surface area (Å²) in [4.78, 5) is 10.7. The van der Waals surface area contributed by atoms with Crippen LogP contribution in [0.15, 0.2) is 0 Å². The molecule has 4 unspecified atom stereocenters. The summed E-state index contributed by atoms with van der Waals surface area (Å²) in [5.41, 5.74) is 5.34. The van der Waals surface area contributed by atoms with Crippen LogP contribution in [0, 0.1) is 17.3 Å². The Morgan fingerprint density at radius 2 is 2.29 bits per heavy atom. The molecule has 2 aliphatic carbocycles. The average Bonchev–Trinajstić information content (AvgIpc) is 2.39. The number of rotatable bonds is 3. The van der Waals surface area contributed by atoms with Gasteiger partial charge in [-0.1, -0.05) is 0 Å². The van der Waals surface area contributed by atoms with Crippen molar-refractivity contribution in [3.63, 3.8) is 0 Å². The second-order valence-corrected chi connectivity index (χ2v) is 4.78. The van der Waals surface area contributed by atoms with Crippen LogP contribution in [-0.2, 0) is 4.79 Å². The van der Waals surface area contributed by atoms with Crippen LogP contribution in [0.2, 0.25) is 0 Å². The molecule has 2 aliphatic rings.